The molecule has 2 aliphatic rings. The van der Waals surface area contributed by atoms with Crippen molar-refractivity contribution in [3.63, 3.8) is 0 Å². The predicted molar refractivity (Wildman–Crippen MR) is 54.9 cm³/mol. The molecule has 0 aromatic rings. The number of hydrogen-bond donors (Lipinski definition) is 0. The molecule has 2 heteroatoms. The molecule has 2 atom stereocenters. The fourth-order valence-electron chi connectivity index (χ4n) is 2.40. The second-order valence-electron chi connectivity index (χ2n) is 4.97. The maximum Gasteiger partial charge on any atom is 0.133 e. The van der Waals surface area contributed by atoms with Crippen LogP contribution in [0, 0.1) is 11.3 Å². The SMILES string of the molecule is CC(C)C(Cl)OC1CCC12CCC2. The van der Waals surface area contributed by atoms with Crippen molar-refractivity contribution in [1.29, 1.82) is 0 Å². The molecule has 0 aliphatic heterocycles. The molecule has 0 heterocycles. The van der Waals surface area contributed by atoms with Crippen molar-refractivity contribution in [2.45, 2.75) is 57.6 Å². The molecule has 2 unspecified atom stereocenters. The van der Waals surface area contributed by atoms with Gasteiger partial charge < -0.3 is 4.74 Å². The molecule has 1 nitrogen and oxygen atoms in total. The fraction of sp³-hybridized carbons (Fsp3) is 1.00. The zero-order valence-electron chi connectivity index (χ0n) is 8.55. The molecule has 0 radical (unpaired) electrons. The van der Waals surface area contributed by atoms with E-state index >= 15 is 0 Å². The summed E-state index contributed by atoms with van der Waals surface area (Å²) in [7, 11) is 0. The average Bonchev–Trinajstić information content (AvgIpc) is 1.94. The first-order valence-electron chi connectivity index (χ1n) is 5.44. The van der Waals surface area contributed by atoms with Crippen molar-refractivity contribution in [3.05, 3.63) is 0 Å². The number of halogens is 1. The Morgan fingerprint density at radius 1 is 1.31 bits per heavy atom. The Hall–Kier alpha value is 0.250. The molecule has 2 rings (SSSR count). The van der Waals surface area contributed by atoms with Gasteiger partial charge in [0.1, 0.15) is 5.56 Å². The van der Waals surface area contributed by atoms with Crippen LogP contribution in [0.2, 0.25) is 0 Å². The van der Waals surface area contributed by atoms with E-state index in [1.54, 1.807) is 0 Å². The zero-order valence-corrected chi connectivity index (χ0v) is 9.31. The summed E-state index contributed by atoms with van der Waals surface area (Å²) in [5.41, 5.74) is 0.491. The van der Waals surface area contributed by atoms with Crippen molar-refractivity contribution < 1.29 is 4.74 Å². The van der Waals surface area contributed by atoms with Crippen molar-refractivity contribution in [1.82, 2.24) is 0 Å². The van der Waals surface area contributed by atoms with E-state index in [-0.39, 0.29) is 5.56 Å². The summed E-state index contributed by atoms with van der Waals surface area (Å²) in [6.45, 7) is 4.23. The summed E-state index contributed by atoms with van der Waals surface area (Å²) >= 11 is 6.11. The fourth-order valence-corrected chi connectivity index (χ4v) is 2.52. The Balaban J connectivity index is 1.82. The van der Waals surface area contributed by atoms with E-state index in [2.05, 4.69) is 13.8 Å². The topological polar surface area (TPSA) is 9.23 Å². The van der Waals surface area contributed by atoms with Gasteiger partial charge in [0.05, 0.1) is 6.10 Å². The Morgan fingerprint density at radius 3 is 2.31 bits per heavy atom. The summed E-state index contributed by atoms with van der Waals surface area (Å²) in [4.78, 5) is 0. The molecule has 2 aliphatic carbocycles. The highest BCUT2D eigenvalue weighted by Crippen LogP contribution is 2.57. The van der Waals surface area contributed by atoms with Gasteiger partial charge in [0.2, 0.25) is 0 Å². The molecule has 2 saturated carbocycles. The smallest absolute Gasteiger partial charge is 0.133 e. The molecule has 0 saturated heterocycles. The maximum atomic E-state index is 6.11. The number of hydrogen-bond acceptors (Lipinski definition) is 1. The summed E-state index contributed by atoms with van der Waals surface area (Å²) in [6.07, 6.45) is 7.23. The normalized spacial score (nSPS) is 32.8. The molecular weight excluding hydrogens is 184 g/mol. The van der Waals surface area contributed by atoms with Gasteiger partial charge in [-0.1, -0.05) is 31.9 Å². The number of rotatable bonds is 3. The van der Waals surface area contributed by atoms with Gasteiger partial charge in [-0.3, -0.25) is 0 Å². The largest absolute Gasteiger partial charge is 0.358 e. The average molecular weight is 203 g/mol. The zero-order chi connectivity index (χ0) is 9.47. The number of alkyl halides is 1. The molecule has 0 aromatic carbocycles. The van der Waals surface area contributed by atoms with E-state index in [0.29, 0.717) is 17.4 Å². The predicted octanol–water partition coefficient (Wildman–Crippen LogP) is 3.56. The lowest BCUT2D eigenvalue weighted by atomic mass is 9.54. The van der Waals surface area contributed by atoms with E-state index in [1.165, 1.54) is 32.1 Å². The van der Waals surface area contributed by atoms with Gasteiger partial charge >= 0.3 is 0 Å². The standard InChI is InChI=1S/C11H19ClO/c1-8(2)10(12)13-9-4-7-11(9)5-3-6-11/h8-10H,3-7H2,1-2H3. The van der Waals surface area contributed by atoms with Crippen LogP contribution in [0.1, 0.15) is 46.0 Å². The van der Waals surface area contributed by atoms with E-state index < -0.39 is 0 Å². The first kappa shape index (κ1) is 9.79. The van der Waals surface area contributed by atoms with Gasteiger partial charge in [-0.05, 0) is 37.0 Å². The first-order valence-corrected chi connectivity index (χ1v) is 5.87. The Kier molecular flexibility index (Phi) is 2.59. The molecule has 0 bridgehead atoms. The Labute approximate surface area is 85.8 Å². The first-order chi connectivity index (χ1) is 6.14. The van der Waals surface area contributed by atoms with E-state index in [1.807, 2.05) is 0 Å². The van der Waals surface area contributed by atoms with Crippen molar-refractivity contribution >= 4 is 11.6 Å². The van der Waals surface area contributed by atoms with Gasteiger partial charge in [-0.2, -0.15) is 0 Å². The summed E-state index contributed by atoms with van der Waals surface area (Å²) < 4.78 is 5.87. The Bertz CT molecular complexity index is 181. The van der Waals surface area contributed by atoms with Crippen LogP contribution in [0.3, 0.4) is 0 Å². The van der Waals surface area contributed by atoms with Crippen molar-refractivity contribution in [3.8, 4) is 0 Å². The molecule has 0 amide bonds. The monoisotopic (exact) mass is 202 g/mol. The maximum absolute atomic E-state index is 6.11. The van der Waals surface area contributed by atoms with Gasteiger partial charge in [-0.15, -0.1) is 0 Å². The van der Waals surface area contributed by atoms with E-state index in [0.717, 1.165) is 0 Å². The van der Waals surface area contributed by atoms with Crippen molar-refractivity contribution in [2.75, 3.05) is 0 Å². The Morgan fingerprint density at radius 2 is 2.00 bits per heavy atom. The van der Waals surface area contributed by atoms with Crippen LogP contribution >= 0.6 is 11.6 Å². The van der Waals surface area contributed by atoms with Gasteiger partial charge in [0, 0.05) is 0 Å². The van der Waals surface area contributed by atoms with E-state index in [9.17, 15) is 0 Å². The second-order valence-corrected chi connectivity index (χ2v) is 5.40. The summed E-state index contributed by atoms with van der Waals surface area (Å²) in [5, 5.41) is 0. The minimum atomic E-state index is -0.0808. The molecule has 0 aromatic heterocycles. The minimum Gasteiger partial charge on any atom is -0.358 e. The third-order valence-corrected chi connectivity index (χ3v) is 4.36. The van der Waals surface area contributed by atoms with E-state index in [4.69, 9.17) is 16.3 Å². The lowest BCUT2D eigenvalue weighted by molar-refractivity contribution is -0.165. The third kappa shape index (κ3) is 1.61. The second kappa shape index (κ2) is 3.43. The highest BCUT2D eigenvalue weighted by Gasteiger charge is 2.52. The van der Waals surface area contributed by atoms with Crippen molar-refractivity contribution in [2.24, 2.45) is 11.3 Å². The van der Waals surface area contributed by atoms with Crippen LogP contribution in [0.5, 0.6) is 0 Å². The van der Waals surface area contributed by atoms with Gasteiger partial charge in [0.25, 0.3) is 0 Å². The van der Waals surface area contributed by atoms with Gasteiger partial charge in [-0.25, -0.2) is 0 Å². The molecule has 2 fully saturated rings. The highest BCUT2D eigenvalue weighted by molar-refractivity contribution is 6.19. The van der Waals surface area contributed by atoms with Crippen LogP contribution in [-0.2, 0) is 4.74 Å². The third-order valence-electron chi connectivity index (χ3n) is 3.76. The molecule has 0 N–H and O–H groups in total. The molecular formula is C11H19ClO. The van der Waals surface area contributed by atoms with Crippen LogP contribution in [-0.4, -0.2) is 11.7 Å². The lowest BCUT2D eigenvalue weighted by Crippen LogP contribution is -2.52. The molecule has 1 spiro atoms. The van der Waals surface area contributed by atoms with Crippen LogP contribution in [0.4, 0.5) is 0 Å². The number of ether oxygens (including phenoxy) is 1. The minimum absolute atomic E-state index is 0.0808. The lowest BCUT2D eigenvalue weighted by Gasteiger charge is -2.56. The highest BCUT2D eigenvalue weighted by atomic mass is 35.5. The van der Waals surface area contributed by atoms with Crippen LogP contribution in [0.25, 0.3) is 0 Å². The van der Waals surface area contributed by atoms with Crippen LogP contribution in [0.15, 0.2) is 0 Å². The molecule has 76 valence electrons. The molecule has 13 heavy (non-hydrogen) atoms. The van der Waals surface area contributed by atoms with Crippen LogP contribution < -0.4 is 0 Å². The summed E-state index contributed by atoms with van der Waals surface area (Å²) in [6, 6.07) is 0. The quantitative estimate of drug-likeness (QED) is 0.636. The summed E-state index contributed by atoms with van der Waals surface area (Å²) in [5.74, 6) is 0.430. The van der Waals surface area contributed by atoms with Gasteiger partial charge in [0.15, 0.2) is 0 Å².